The molecule has 1 fully saturated rings. The normalized spacial score (nSPS) is 15.5. The first kappa shape index (κ1) is 11.7. The van der Waals surface area contributed by atoms with E-state index in [1.54, 1.807) is 11.1 Å². The number of carbonyl (C=O) groups excluding carboxylic acids is 1. The molecule has 8 heteroatoms. The Labute approximate surface area is 108 Å². The molecule has 2 aromatic heterocycles. The Kier molecular flexibility index (Phi) is 3.15. The summed E-state index contributed by atoms with van der Waals surface area (Å²) >= 11 is 0. The summed E-state index contributed by atoms with van der Waals surface area (Å²) in [7, 11) is 0. The van der Waals surface area contributed by atoms with E-state index in [4.69, 9.17) is 9.26 Å². The zero-order valence-corrected chi connectivity index (χ0v) is 10.0. The molecule has 1 aliphatic rings. The van der Waals surface area contributed by atoms with Gasteiger partial charge in [0.05, 0.1) is 19.4 Å². The van der Waals surface area contributed by atoms with Gasteiger partial charge in [-0.05, 0) is 0 Å². The van der Waals surface area contributed by atoms with Gasteiger partial charge in [-0.25, -0.2) is 4.98 Å². The van der Waals surface area contributed by atoms with Gasteiger partial charge in [0.1, 0.15) is 5.69 Å². The summed E-state index contributed by atoms with van der Waals surface area (Å²) < 4.78 is 10.2. The van der Waals surface area contributed by atoms with Crippen molar-refractivity contribution in [2.75, 3.05) is 26.3 Å². The predicted molar refractivity (Wildman–Crippen MR) is 62.0 cm³/mol. The highest BCUT2D eigenvalue weighted by Crippen LogP contribution is 2.12. The quantitative estimate of drug-likeness (QED) is 0.750. The molecule has 19 heavy (non-hydrogen) atoms. The molecule has 2 aromatic rings. The van der Waals surface area contributed by atoms with E-state index in [-0.39, 0.29) is 17.6 Å². The number of hydrogen-bond donors (Lipinski definition) is 0. The van der Waals surface area contributed by atoms with E-state index in [0.717, 1.165) is 0 Å². The smallest absolute Gasteiger partial charge is 0.316 e. The summed E-state index contributed by atoms with van der Waals surface area (Å²) in [4.78, 5) is 25.7. The van der Waals surface area contributed by atoms with Crippen LogP contribution in [0.2, 0.25) is 0 Å². The lowest BCUT2D eigenvalue weighted by molar-refractivity contribution is 0.0272. The Balaban J connectivity index is 1.79. The van der Waals surface area contributed by atoms with Gasteiger partial charge in [0, 0.05) is 25.5 Å². The molecule has 0 unspecified atom stereocenters. The maximum absolute atomic E-state index is 12.1. The lowest BCUT2D eigenvalue weighted by Gasteiger charge is -2.25. The molecule has 0 aromatic carbocycles. The minimum absolute atomic E-state index is 0.0393. The van der Waals surface area contributed by atoms with Gasteiger partial charge >= 0.3 is 11.8 Å². The van der Waals surface area contributed by atoms with E-state index >= 15 is 0 Å². The maximum atomic E-state index is 12.1. The maximum Gasteiger partial charge on any atom is 0.316 e. The number of hydrogen-bond acceptors (Lipinski definition) is 7. The van der Waals surface area contributed by atoms with Gasteiger partial charge < -0.3 is 14.2 Å². The van der Waals surface area contributed by atoms with Gasteiger partial charge in [0.25, 0.3) is 0 Å². The second kappa shape index (κ2) is 5.11. The number of amides is 1. The number of nitrogens with zero attached hydrogens (tertiary/aromatic N) is 5. The fourth-order valence-electron chi connectivity index (χ4n) is 1.73. The van der Waals surface area contributed by atoms with Crippen molar-refractivity contribution < 1.29 is 14.1 Å². The third kappa shape index (κ3) is 2.43. The average molecular weight is 261 g/mol. The fraction of sp³-hybridized carbons (Fsp3) is 0.364. The molecule has 0 N–H and O–H groups in total. The van der Waals surface area contributed by atoms with Gasteiger partial charge in [0.2, 0.25) is 5.82 Å². The van der Waals surface area contributed by atoms with E-state index in [2.05, 4.69) is 20.1 Å². The van der Waals surface area contributed by atoms with Crippen molar-refractivity contribution in [3.63, 3.8) is 0 Å². The summed E-state index contributed by atoms with van der Waals surface area (Å²) in [6.07, 6.45) is 4.58. The highest BCUT2D eigenvalue weighted by molar-refractivity contribution is 5.90. The Hall–Kier alpha value is -2.35. The van der Waals surface area contributed by atoms with Crippen LogP contribution in [0.4, 0.5) is 0 Å². The molecule has 1 amide bonds. The molecule has 0 bridgehead atoms. The van der Waals surface area contributed by atoms with Crippen LogP contribution in [0.5, 0.6) is 0 Å². The minimum Gasteiger partial charge on any atom is -0.378 e. The van der Waals surface area contributed by atoms with E-state index in [1.165, 1.54) is 12.4 Å². The van der Waals surface area contributed by atoms with Crippen molar-refractivity contribution in [2.45, 2.75) is 0 Å². The highest BCUT2D eigenvalue weighted by Gasteiger charge is 2.24. The molecule has 98 valence electrons. The molecule has 1 aliphatic heterocycles. The van der Waals surface area contributed by atoms with Gasteiger partial charge in [-0.15, -0.1) is 0 Å². The van der Waals surface area contributed by atoms with Crippen molar-refractivity contribution in [2.24, 2.45) is 0 Å². The van der Waals surface area contributed by atoms with Gasteiger partial charge in [-0.2, -0.15) is 4.98 Å². The monoisotopic (exact) mass is 261 g/mol. The van der Waals surface area contributed by atoms with Crippen LogP contribution in [0.1, 0.15) is 10.7 Å². The lowest BCUT2D eigenvalue weighted by Crippen LogP contribution is -2.40. The van der Waals surface area contributed by atoms with E-state index < -0.39 is 0 Å². The third-order valence-electron chi connectivity index (χ3n) is 2.70. The molecule has 0 aliphatic carbocycles. The molecule has 1 saturated heterocycles. The molecule has 3 heterocycles. The molecule has 0 spiro atoms. The van der Waals surface area contributed by atoms with Crippen LogP contribution in [0.25, 0.3) is 11.5 Å². The second-order valence-corrected chi connectivity index (χ2v) is 3.92. The molecular formula is C11H11N5O3. The number of aromatic nitrogens is 4. The van der Waals surface area contributed by atoms with Gasteiger partial charge in [-0.3, -0.25) is 9.78 Å². The number of carbonyl (C=O) groups is 1. The van der Waals surface area contributed by atoms with Gasteiger partial charge in [-0.1, -0.05) is 5.16 Å². The third-order valence-corrected chi connectivity index (χ3v) is 2.70. The van der Waals surface area contributed by atoms with Gasteiger partial charge in [0.15, 0.2) is 0 Å². The minimum atomic E-state index is -0.286. The first-order chi connectivity index (χ1) is 9.34. The predicted octanol–water partition coefficient (Wildman–Crippen LogP) is -0.00100. The number of ether oxygens (including phenoxy) is 1. The fourth-order valence-corrected chi connectivity index (χ4v) is 1.73. The molecule has 3 rings (SSSR count). The van der Waals surface area contributed by atoms with E-state index in [1.807, 2.05) is 0 Å². The van der Waals surface area contributed by atoms with Crippen LogP contribution in [0.3, 0.4) is 0 Å². The first-order valence-electron chi connectivity index (χ1n) is 5.82. The molecule has 0 atom stereocenters. The van der Waals surface area contributed by atoms with Crippen LogP contribution < -0.4 is 0 Å². The van der Waals surface area contributed by atoms with E-state index in [9.17, 15) is 4.79 Å². The Morgan fingerprint density at radius 3 is 2.84 bits per heavy atom. The summed E-state index contributed by atoms with van der Waals surface area (Å²) in [6.45, 7) is 2.11. The lowest BCUT2D eigenvalue weighted by atomic mass is 10.4. The Morgan fingerprint density at radius 2 is 2.11 bits per heavy atom. The van der Waals surface area contributed by atoms with Crippen LogP contribution >= 0.6 is 0 Å². The van der Waals surface area contributed by atoms with Crippen molar-refractivity contribution in [1.29, 1.82) is 0 Å². The van der Waals surface area contributed by atoms with Crippen molar-refractivity contribution in [3.05, 3.63) is 24.5 Å². The highest BCUT2D eigenvalue weighted by atomic mass is 16.5. The van der Waals surface area contributed by atoms with Crippen molar-refractivity contribution in [3.8, 4) is 11.5 Å². The SMILES string of the molecule is O=C(c1nc(-c2cnccn2)no1)N1CCOCC1. The summed E-state index contributed by atoms with van der Waals surface area (Å²) in [6, 6.07) is 0. The summed E-state index contributed by atoms with van der Waals surface area (Å²) in [5, 5.41) is 3.73. The molecule has 8 nitrogen and oxygen atoms in total. The number of morpholine rings is 1. The first-order valence-corrected chi connectivity index (χ1v) is 5.82. The number of rotatable bonds is 2. The summed E-state index contributed by atoms with van der Waals surface area (Å²) in [5.41, 5.74) is 0.465. The van der Waals surface area contributed by atoms with Crippen LogP contribution in [-0.2, 0) is 4.74 Å². The van der Waals surface area contributed by atoms with Crippen molar-refractivity contribution >= 4 is 5.91 Å². The largest absolute Gasteiger partial charge is 0.378 e. The van der Waals surface area contributed by atoms with Crippen LogP contribution in [0.15, 0.2) is 23.1 Å². The van der Waals surface area contributed by atoms with E-state index in [0.29, 0.717) is 32.0 Å². The Bertz CT molecular complexity index is 565. The average Bonchev–Trinajstić information content (AvgIpc) is 2.98. The summed E-state index contributed by atoms with van der Waals surface area (Å²) in [5.74, 6) is -0.0711. The zero-order valence-electron chi connectivity index (χ0n) is 10.0. The molecule has 0 saturated carbocycles. The standard InChI is InChI=1S/C11H11N5O3/c17-11(16-3-5-18-6-4-16)10-14-9(15-19-10)8-7-12-1-2-13-8/h1-2,7H,3-6H2. The van der Waals surface area contributed by atoms with Crippen molar-refractivity contribution in [1.82, 2.24) is 25.0 Å². The zero-order chi connectivity index (χ0) is 13.1. The second-order valence-electron chi connectivity index (χ2n) is 3.92. The topological polar surface area (TPSA) is 94.2 Å². The molecule has 0 radical (unpaired) electrons. The Morgan fingerprint density at radius 1 is 1.26 bits per heavy atom. The molecular weight excluding hydrogens is 250 g/mol. The van der Waals surface area contributed by atoms with Crippen LogP contribution in [-0.4, -0.2) is 57.2 Å². The van der Waals surface area contributed by atoms with Crippen LogP contribution in [0, 0.1) is 0 Å².